The molecule has 2 heterocycles. The van der Waals surface area contributed by atoms with Gasteiger partial charge in [-0.1, -0.05) is 36.4 Å². The third-order valence-electron chi connectivity index (χ3n) is 4.52. The lowest BCUT2D eigenvalue weighted by atomic mass is 9.85. The number of benzene rings is 2. The van der Waals surface area contributed by atoms with E-state index in [0.29, 0.717) is 11.1 Å². The van der Waals surface area contributed by atoms with Crippen molar-refractivity contribution in [3.8, 4) is 0 Å². The van der Waals surface area contributed by atoms with E-state index < -0.39 is 5.60 Å². The summed E-state index contributed by atoms with van der Waals surface area (Å²) in [6, 6.07) is 15.1. The molecule has 2 aromatic carbocycles. The molecule has 1 aliphatic rings. The minimum Gasteiger partial charge on any atom is -0.372 e. The number of aromatic nitrogens is 1. The van der Waals surface area contributed by atoms with Crippen LogP contribution >= 0.6 is 0 Å². The van der Waals surface area contributed by atoms with E-state index in [9.17, 15) is 9.90 Å². The Morgan fingerprint density at radius 2 is 1.77 bits per heavy atom. The Hall–Kier alpha value is -2.59. The van der Waals surface area contributed by atoms with E-state index >= 15 is 0 Å². The molecule has 4 nitrogen and oxygen atoms in total. The van der Waals surface area contributed by atoms with Crippen LogP contribution in [0.5, 0.6) is 0 Å². The number of aromatic amines is 1. The van der Waals surface area contributed by atoms with Crippen molar-refractivity contribution >= 4 is 22.5 Å². The van der Waals surface area contributed by atoms with Gasteiger partial charge in [0.15, 0.2) is 5.60 Å². The molecule has 0 spiro atoms. The number of nitrogens with one attached hydrogen (secondary N) is 1. The molecule has 4 rings (SSSR count). The number of aliphatic hydroxyl groups is 1. The van der Waals surface area contributed by atoms with E-state index in [2.05, 4.69) is 4.98 Å². The summed E-state index contributed by atoms with van der Waals surface area (Å²) in [5.41, 5.74) is 2.11. The molecule has 1 unspecified atom stereocenters. The Balaban J connectivity index is 2.10. The molecule has 0 saturated carbocycles. The number of nitrogens with zero attached hydrogens (tertiary/aromatic N) is 1. The fourth-order valence-corrected chi connectivity index (χ4v) is 3.52. The maximum atomic E-state index is 12.8. The van der Waals surface area contributed by atoms with Gasteiger partial charge in [0.05, 0.1) is 5.69 Å². The number of carbonyl (C=O) groups excluding carboxylic acids is 1. The van der Waals surface area contributed by atoms with Gasteiger partial charge in [0.25, 0.3) is 5.91 Å². The first-order valence-electron chi connectivity index (χ1n) is 7.23. The number of H-pyrrole nitrogens is 1. The molecular weight excluding hydrogens is 276 g/mol. The Morgan fingerprint density at radius 3 is 2.59 bits per heavy atom. The van der Waals surface area contributed by atoms with Crippen molar-refractivity contribution in [2.24, 2.45) is 0 Å². The lowest BCUT2D eigenvalue weighted by Gasteiger charge is -2.23. The van der Waals surface area contributed by atoms with Crippen LogP contribution in [0.2, 0.25) is 0 Å². The fourth-order valence-electron chi connectivity index (χ4n) is 3.52. The van der Waals surface area contributed by atoms with Crippen molar-refractivity contribution in [2.45, 2.75) is 12.5 Å². The Labute approximate surface area is 128 Å². The Kier molecular flexibility index (Phi) is 2.51. The van der Waals surface area contributed by atoms with Crippen molar-refractivity contribution < 1.29 is 9.90 Å². The first-order valence-corrected chi connectivity index (χ1v) is 7.23. The van der Waals surface area contributed by atoms with E-state index in [1.54, 1.807) is 7.05 Å². The second kappa shape index (κ2) is 4.21. The zero-order valence-corrected chi connectivity index (χ0v) is 12.4. The molecule has 2 N–H and O–H groups in total. The van der Waals surface area contributed by atoms with Crippen LogP contribution in [0.4, 0.5) is 5.69 Å². The molecule has 22 heavy (non-hydrogen) atoms. The highest BCUT2D eigenvalue weighted by atomic mass is 16.3. The highest BCUT2D eigenvalue weighted by Gasteiger charge is 2.51. The second-order valence-electron chi connectivity index (χ2n) is 5.76. The molecule has 0 saturated heterocycles. The average Bonchev–Trinajstić information content (AvgIpc) is 2.97. The molecule has 0 fully saturated rings. The standard InChI is InChI=1S/C18H16N2O2/c1-11-16(12-7-3-5-9-14(12)19-11)18(22)13-8-4-6-10-15(13)20(2)17(18)21/h3-10,19,22H,1-2H3. The van der Waals surface area contributed by atoms with Crippen molar-refractivity contribution in [3.05, 3.63) is 65.4 Å². The van der Waals surface area contributed by atoms with Crippen LogP contribution in [-0.2, 0) is 10.4 Å². The van der Waals surface area contributed by atoms with Crippen molar-refractivity contribution in [2.75, 3.05) is 11.9 Å². The molecule has 0 radical (unpaired) electrons. The minimum absolute atomic E-state index is 0.318. The number of rotatable bonds is 1. The summed E-state index contributed by atoms with van der Waals surface area (Å²) in [6.45, 7) is 1.89. The maximum Gasteiger partial charge on any atom is 0.268 e. The molecule has 4 heteroatoms. The van der Waals surface area contributed by atoms with Gasteiger partial charge in [-0.15, -0.1) is 0 Å². The van der Waals surface area contributed by atoms with Crippen LogP contribution < -0.4 is 4.90 Å². The number of fused-ring (bicyclic) bond motifs is 2. The van der Waals surface area contributed by atoms with Gasteiger partial charge < -0.3 is 15.0 Å². The normalized spacial score (nSPS) is 20.7. The predicted octanol–water partition coefficient (Wildman–Crippen LogP) is 2.69. The summed E-state index contributed by atoms with van der Waals surface area (Å²) in [7, 11) is 1.70. The molecule has 110 valence electrons. The maximum absolute atomic E-state index is 12.8. The van der Waals surface area contributed by atoms with Crippen LogP contribution in [0.15, 0.2) is 48.5 Å². The topological polar surface area (TPSA) is 56.3 Å². The molecular formula is C18H16N2O2. The monoisotopic (exact) mass is 292 g/mol. The van der Waals surface area contributed by atoms with E-state index in [0.717, 1.165) is 22.3 Å². The third-order valence-corrected chi connectivity index (χ3v) is 4.52. The van der Waals surface area contributed by atoms with Gasteiger partial charge in [-0.05, 0) is 19.1 Å². The zero-order valence-electron chi connectivity index (χ0n) is 12.4. The average molecular weight is 292 g/mol. The quantitative estimate of drug-likeness (QED) is 0.724. The van der Waals surface area contributed by atoms with Crippen molar-refractivity contribution in [3.63, 3.8) is 0 Å². The molecule has 1 aliphatic heterocycles. The van der Waals surface area contributed by atoms with Crippen LogP contribution in [0, 0.1) is 6.92 Å². The lowest BCUT2D eigenvalue weighted by Crippen LogP contribution is -2.39. The molecule has 0 aliphatic carbocycles. The van der Waals surface area contributed by atoms with Gasteiger partial charge in [0.1, 0.15) is 0 Å². The zero-order chi connectivity index (χ0) is 15.5. The molecule has 3 aromatic rings. The Morgan fingerprint density at radius 1 is 1.09 bits per heavy atom. The van der Waals surface area contributed by atoms with Crippen LogP contribution in [-0.4, -0.2) is 23.0 Å². The smallest absolute Gasteiger partial charge is 0.268 e. The largest absolute Gasteiger partial charge is 0.372 e. The molecule has 1 aromatic heterocycles. The Bertz CT molecular complexity index is 912. The molecule has 0 bridgehead atoms. The number of amides is 1. The summed E-state index contributed by atoms with van der Waals surface area (Å²) >= 11 is 0. The number of anilines is 1. The predicted molar refractivity (Wildman–Crippen MR) is 85.9 cm³/mol. The number of para-hydroxylation sites is 2. The van der Waals surface area contributed by atoms with E-state index in [-0.39, 0.29) is 5.91 Å². The fraction of sp³-hybridized carbons (Fsp3) is 0.167. The summed E-state index contributed by atoms with van der Waals surface area (Å²) in [4.78, 5) is 17.6. The van der Waals surface area contributed by atoms with Gasteiger partial charge in [-0.2, -0.15) is 0 Å². The highest BCUT2D eigenvalue weighted by Crippen LogP contribution is 2.46. The SMILES string of the molecule is Cc1[nH]c2ccccc2c1C1(O)C(=O)N(C)c2ccccc21. The summed E-state index contributed by atoms with van der Waals surface area (Å²) in [5.74, 6) is -0.318. The molecule has 1 amide bonds. The van der Waals surface area contributed by atoms with Crippen LogP contribution in [0.3, 0.4) is 0 Å². The number of hydrogen-bond donors (Lipinski definition) is 2. The van der Waals surface area contributed by atoms with Gasteiger partial charge in [0, 0.05) is 34.8 Å². The highest BCUT2D eigenvalue weighted by molar-refractivity contribution is 6.11. The number of likely N-dealkylation sites (N-methyl/N-ethyl adjacent to an activating group) is 1. The van der Waals surface area contributed by atoms with Crippen molar-refractivity contribution in [1.29, 1.82) is 0 Å². The number of hydrogen-bond acceptors (Lipinski definition) is 2. The number of aryl methyl sites for hydroxylation is 1. The summed E-state index contributed by atoms with van der Waals surface area (Å²) in [6.07, 6.45) is 0. The van der Waals surface area contributed by atoms with E-state index in [1.807, 2.05) is 55.5 Å². The lowest BCUT2D eigenvalue weighted by molar-refractivity contribution is -0.131. The molecule has 1 atom stereocenters. The van der Waals surface area contributed by atoms with Crippen LogP contribution in [0.25, 0.3) is 10.9 Å². The minimum atomic E-state index is -1.64. The van der Waals surface area contributed by atoms with E-state index in [1.165, 1.54) is 4.90 Å². The summed E-state index contributed by atoms with van der Waals surface area (Å²) < 4.78 is 0. The van der Waals surface area contributed by atoms with Crippen molar-refractivity contribution in [1.82, 2.24) is 4.98 Å². The van der Waals surface area contributed by atoms with Gasteiger partial charge in [-0.25, -0.2) is 0 Å². The van der Waals surface area contributed by atoms with Gasteiger partial charge in [-0.3, -0.25) is 4.79 Å². The third kappa shape index (κ3) is 1.42. The summed E-state index contributed by atoms with van der Waals surface area (Å²) in [5, 5.41) is 12.3. The first-order chi connectivity index (χ1) is 10.5. The van der Waals surface area contributed by atoms with Gasteiger partial charge in [0.2, 0.25) is 0 Å². The van der Waals surface area contributed by atoms with Gasteiger partial charge >= 0.3 is 0 Å². The second-order valence-corrected chi connectivity index (χ2v) is 5.76. The number of carbonyl (C=O) groups is 1. The van der Waals surface area contributed by atoms with E-state index in [4.69, 9.17) is 0 Å². The first kappa shape index (κ1) is 13.1. The van der Waals surface area contributed by atoms with Crippen LogP contribution in [0.1, 0.15) is 16.8 Å².